The monoisotopic (exact) mass is 289 g/mol. The van der Waals surface area contributed by atoms with Crippen LogP contribution in [0.4, 0.5) is 4.39 Å². The molecule has 0 aromatic heterocycles. The Hall–Kier alpha value is -0.450. The molecule has 16 heavy (non-hydrogen) atoms. The van der Waals surface area contributed by atoms with Crippen molar-refractivity contribution in [2.45, 2.75) is 19.4 Å². The summed E-state index contributed by atoms with van der Waals surface area (Å²) in [5.41, 5.74) is 6.60. The highest BCUT2D eigenvalue weighted by Gasteiger charge is 2.20. The first-order valence-corrected chi connectivity index (χ1v) is 6.05. The number of hydrogen-bond acceptors (Lipinski definition) is 2. The topological polar surface area (TPSA) is 35.2 Å². The molecule has 90 valence electrons. The molecule has 0 aliphatic carbocycles. The first kappa shape index (κ1) is 13.6. The molecule has 2 N–H and O–H groups in total. The Morgan fingerprint density at radius 1 is 1.50 bits per heavy atom. The van der Waals surface area contributed by atoms with E-state index in [1.54, 1.807) is 19.2 Å². The van der Waals surface area contributed by atoms with Crippen LogP contribution in [-0.2, 0) is 4.74 Å². The van der Waals surface area contributed by atoms with Crippen molar-refractivity contribution in [3.8, 4) is 0 Å². The van der Waals surface area contributed by atoms with E-state index in [9.17, 15) is 4.39 Å². The molecule has 0 radical (unpaired) electrons. The van der Waals surface area contributed by atoms with Crippen LogP contribution in [0.3, 0.4) is 0 Å². The van der Waals surface area contributed by atoms with Crippen molar-refractivity contribution in [2.75, 3.05) is 13.7 Å². The molecule has 1 rings (SSSR count). The van der Waals surface area contributed by atoms with Crippen LogP contribution in [0.15, 0.2) is 22.7 Å². The molecule has 0 bridgehead atoms. The Kier molecular flexibility index (Phi) is 5.38. The number of nitrogens with two attached hydrogens (primary N) is 1. The number of benzene rings is 1. The molecule has 0 amide bonds. The van der Waals surface area contributed by atoms with Gasteiger partial charge >= 0.3 is 0 Å². The minimum absolute atomic E-state index is 0.174. The fourth-order valence-electron chi connectivity index (χ4n) is 1.60. The number of hydrogen-bond donors (Lipinski definition) is 1. The first-order chi connectivity index (χ1) is 7.57. The van der Waals surface area contributed by atoms with Gasteiger partial charge in [-0.1, -0.05) is 28.9 Å². The zero-order valence-electron chi connectivity index (χ0n) is 9.54. The highest BCUT2D eigenvalue weighted by molar-refractivity contribution is 9.10. The lowest BCUT2D eigenvalue weighted by molar-refractivity contribution is 0.174. The van der Waals surface area contributed by atoms with E-state index in [-0.39, 0.29) is 17.8 Å². The Balaban J connectivity index is 2.82. The van der Waals surface area contributed by atoms with Crippen LogP contribution >= 0.6 is 15.9 Å². The van der Waals surface area contributed by atoms with Crippen molar-refractivity contribution in [1.29, 1.82) is 0 Å². The minimum atomic E-state index is -0.314. The summed E-state index contributed by atoms with van der Waals surface area (Å²) in [5, 5.41) is 0. The molecule has 2 unspecified atom stereocenters. The van der Waals surface area contributed by atoms with Crippen LogP contribution in [0.2, 0.25) is 0 Å². The standard InChI is InChI=1S/C12H17BrFNO/c1-8(6-7-16-2)12(15)11-9(13)4-3-5-10(11)14/h3-5,8,12H,6-7,15H2,1-2H3. The summed E-state index contributed by atoms with van der Waals surface area (Å²) in [6, 6.07) is 4.59. The average molecular weight is 290 g/mol. The SMILES string of the molecule is COCCC(C)C(N)c1c(F)cccc1Br. The molecule has 0 saturated heterocycles. The molecule has 2 atom stereocenters. The lowest BCUT2D eigenvalue weighted by Gasteiger charge is -2.21. The highest BCUT2D eigenvalue weighted by Crippen LogP contribution is 2.30. The van der Waals surface area contributed by atoms with Crippen molar-refractivity contribution in [3.05, 3.63) is 34.1 Å². The molecule has 0 fully saturated rings. The summed E-state index contributed by atoms with van der Waals surface area (Å²) < 4.78 is 19.4. The van der Waals surface area contributed by atoms with Gasteiger partial charge in [-0.2, -0.15) is 0 Å². The predicted molar refractivity (Wildman–Crippen MR) is 66.7 cm³/mol. The van der Waals surface area contributed by atoms with Gasteiger partial charge in [0.05, 0.1) is 0 Å². The van der Waals surface area contributed by atoms with Gasteiger partial charge in [-0.05, 0) is 24.5 Å². The largest absolute Gasteiger partial charge is 0.385 e. The predicted octanol–water partition coefficient (Wildman–Crippen LogP) is 3.26. The molecule has 1 aromatic rings. The third-order valence-corrected chi connectivity index (χ3v) is 3.41. The Morgan fingerprint density at radius 2 is 2.19 bits per heavy atom. The van der Waals surface area contributed by atoms with Gasteiger partial charge in [0, 0.05) is 29.8 Å². The van der Waals surface area contributed by atoms with Gasteiger partial charge in [0.25, 0.3) is 0 Å². The molecule has 4 heteroatoms. The molecular formula is C12H17BrFNO. The van der Waals surface area contributed by atoms with Gasteiger partial charge in [0.1, 0.15) is 5.82 Å². The minimum Gasteiger partial charge on any atom is -0.385 e. The van der Waals surface area contributed by atoms with Crippen LogP contribution < -0.4 is 5.73 Å². The summed E-state index contributed by atoms with van der Waals surface area (Å²) in [4.78, 5) is 0. The van der Waals surface area contributed by atoms with Crippen molar-refractivity contribution in [2.24, 2.45) is 11.7 Å². The van der Waals surface area contributed by atoms with Crippen molar-refractivity contribution >= 4 is 15.9 Å². The molecule has 0 aliphatic heterocycles. The van der Waals surface area contributed by atoms with E-state index < -0.39 is 0 Å². The zero-order chi connectivity index (χ0) is 12.1. The second-order valence-electron chi connectivity index (χ2n) is 3.92. The summed E-state index contributed by atoms with van der Waals surface area (Å²) in [6.45, 7) is 2.64. The Bertz CT molecular complexity index is 326. The Labute approximate surface area is 104 Å². The van der Waals surface area contributed by atoms with E-state index >= 15 is 0 Å². The van der Waals surface area contributed by atoms with E-state index in [0.29, 0.717) is 12.2 Å². The van der Waals surface area contributed by atoms with Crippen molar-refractivity contribution in [1.82, 2.24) is 0 Å². The van der Waals surface area contributed by atoms with Crippen molar-refractivity contribution in [3.63, 3.8) is 0 Å². The van der Waals surface area contributed by atoms with E-state index in [4.69, 9.17) is 10.5 Å². The third kappa shape index (κ3) is 3.27. The second-order valence-corrected chi connectivity index (χ2v) is 4.77. The molecule has 1 aromatic carbocycles. The number of rotatable bonds is 5. The first-order valence-electron chi connectivity index (χ1n) is 5.26. The lowest BCUT2D eigenvalue weighted by atomic mass is 9.92. The lowest BCUT2D eigenvalue weighted by Crippen LogP contribution is -2.22. The van der Waals surface area contributed by atoms with Gasteiger partial charge in [0.2, 0.25) is 0 Å². The van der Waals surface area contributed by atoms with Gasteiger partial charge < -0.3 is 10.5 Å². The number of halogens is 2. The van der Waals surface area contributed by atoms with Gasteiger partial charge in [-0.25, -0.2) is 4.39 Å². The number of methoxy groups -OCH3 is 1. The molecular weight excluding hydrogens is 273 g/mol. The molecule has 2 nitrogen and oxygen atoms in total. The van der Waals surface area contributed by atoms with Crippen LogP contribution in [0.25, 0.3) is 0 Å². The second kappa shape index (κ2) is 6.33. The van der Waals surface area contributed by atoms with Crippen LogP contribution in [0.1, 0.15) is 24.9 Å². The Morgan fingerprint density at radius 3 is 2.75 bits per heavy atom. The summed E-state index contributed by atoms with van der Waals surface area (Å²) in [7, 11) is 1.65. The smallest absolute Gasteiger partial charge is 0.129 e. The van der Waals surface area contributed by atoms with Gasteiger partial charge in [-0.15, -0.1) is 0 Å². The zero-order valence-corrected chi connectivity index (χ0v) is 11.1. The molecule has 0 saturated carbocycles. The summed E-state index contributed by atoms with van der Waals surface area (Å²) in [5.74, 6) is -0.0840. The maximum absolute atomic E-state index is 13.6. The molecule has 0 spiro atoms. The van der Waals surface area contributed by atoms with Crippen LogP contribution in [0, 0.1) is 11.7 Å². The van der Waals surface area contributed by atoms with Gasteiger partial charge in [0.15, 0.2) is 0 Å². The summed E-state index contributed by atoms with van der Waals surface area (Å²) >= 11 is 3.33. The number of ether oxygens (including phenoxy) is 1. The fraction of sp³-hybridized carbons (Fsp3) is 0.500. The van der Waals surface area contributed by atoms with Crippen LogP contribution in [-0.4, -0.2) is 13.7 Å². The highest BCUT2D eigenvalue weighted by atomic mass is 79.9. The fourth-order valence-corrected chi connectivity index (χ4v) is 2.20. The van der Waals surface area contributed by atoms with Crippen molar-refractivity contribution < 1.29 is 9.13 Å². The van der Waals surface area contributed by atoms with E-state index in [0.717, 1.165) is 10.9 Å². The third-order valence-electron chi connectivity index (χ3n) is 2.72. The van der Waals surface area contributed by atoms with E-state index in [2.05, 4.69) is 15.9 Å². The normalized spacial score (nSPS) is 14.8. The molecule has 0 heterocycles. The maximum atomic E-state index is 13.6. The van der Waals surface area contributed by atoms with E-state index in [1.807, 2.05) is 6.92 Å². The average Bonchev–Trinajstić information content (AvgIpc) is 2.25. The van der Waals surface area contributed by atoms with Gasteiger partial charge in [-0.3, -0.25) is 0 Å². The molecule has 0 aliphatic rings. The van der Waals surface area contributed by atoms with Crippen LogP contribution in [0.5, 0.6) is 0 Å². The maximum Gasteiger partial charge on any atom is 0.129 e. The summed E-state index contributed by atoms with van der Waals surface area (Å²) in [6.07, 6.45) is 0.818. The van der Waals surface area contributed by atoms with E-state index in [1.165, 1.54) is 6.07 Å². The quantitative estimate of drug-likeness (QED) is 0.903.